The molecule has 0 radical (unpaired) electrons. The minimum atomic E-state index is 0. The van der Waals surface area contributed by atoms with Crippen LogP contribution in [0.1, 0.15) is 5.56 Å². The smallest absolute Gasteiger partial charge is 0.270 e. The highest BCUT2D eigenvalue weighted by molar-refractivity contribution is 5.68. The molecule has 2 aliphatic heterocycles. The molecular weight excluding hydrogens is 304 g/mol. The number of nitrogens with two attached hydrogens (primary N) is 1. The van der Waals surface area contributed by atoms with Gasteiger partial charge in [0.2, 0.25) is 0 Å². The van der Waals surface area contributed by atoms with Gasteiger partial charge < -0.3 is 15.5 Å². The fourth-order valence-corrected chi connectivity index (χ4v) is 3.05. The van der Waals surface area contributed by atoms with Crippen LogP contribution in [0.4, 0.5) is 5.69 Å². The van der Waals surface area contributed by atoms with E-state index in [1.54, 1.807) is 17.1 Å². The van der Waals surface area contributed by atoms with Crippen LogP contribution >= 0.6 is 0 Å². The molecule has 4 N–H and O–H groups in total. The summed E-state index contributed by atoms with van der Waals surface area (Å²) in [5.74, 6) is 0.193. The van der Waals surface area contributed by atoms with Gasteiger partial charge in [0.15, 0.2) is 11.4 Å². The van der Waals surface area contributed by atoms with Gasteiger partial charge >= 0.3 is 0 Å². The highest BCUT2D eigenvalue weighted by Crippen LogP contribution is 2.25. The van der Waals surface area contributed by atoms with Crippen LogP contribution in [0, 0.1) is 11.3 Å². The lowest BCUT2D eigenvalue weighted by Gasteiger charge is -2.16. The predicted molar refractivity (Wildman–Crippen MR) is 88.5 cm³/mol. The SMILES string of the molecule is CN1C=c2ccccc2=C2[NH2+]N(c3ccc(C#N)cc3)C(O)=C21.[OH-]. The zero-order chi connectivity index (χ0) is 16.0. The fourth-order valence-electron chi connectivity index (χ4n) is 3.05. The Morgan fingerprint density at radius 3 is 2.50 bits per heavy atom. The van der Waals surface area contributed by atoms with Crippen molar-refractivity contribution in [2.45, 2.75) is 0 Å². The summed E-state index contributed by atoms with van der Waals surface area (Å²) in [5.41, 5.74) is 5.14. The van der Waals surface area contributed by atoms with Crippen molar-refractivity contribution < 1.29 is 16.0 Å². The number of hydrogen-bond donors (Lipinski definition) is 2. The molecule has 0 aromatic heterocycles. The molecule has 0 unspecified atom stereocenters. The molecule has 24 heavy (non-hydrogen) atoms. The van der Waals surface area contributed by atoms with Crippen LogP contribution in [0.15, 0.2) is 60.1 Å². The van der Waals surface area contributed by atoms with E-state index < -0.39 is 0 Å². The molecule has 0 saturated carbocycles. The van der Waals surface area contributed by atoms with Gasteiger partial charge in [0.25, 0.3) is 5.88 Å². The highest BCUT2D eigenvalue weighted by atomic mass is 16.3. The topological polar surface area (TPSA) is 97.1 Å². The van der Waals surface area contributed by atoms with Gasteiger partial charge in [0, 0.05) is 23.7 Å². The number of aliphatic hydroxyl groups is 1. The molecule has 2 heterocycles. The standard InChI is InChI=1S/C18H14N4O.H2O/c1-21-11-13-4-2-3-5-15(13)16-17(21)18(23)22(20-16)14-8-6-12(10-19)7-9-14;/h2-9,11,20,23H,1H3;1H2. The molecule has 4 rings (SSSR count). The van der Waals surface area contributed by atoms with Gasteiger partial charge in [-0.05, 0) is 30.3 Å². The maximum absolute atomic E-state index is 10.7. The maximum atomic E-state index is 10.7. The number of fused-ring (bicyclic) bond motifs is 2. The van der Waals surface area contributed by atoms with Gasteiger partial charge in [-0.3, -0.25) is 0 Å². The molecule has 6 nitrogen and oxygen atoms in total. The van der Waals surface area contributed by atoms with Gasteiger partial charge in [-0.25, -0.2) is 5.43 Å². The van der Waals surface area contributed by atoms with Crippen molar-refractivity contribution in [3.05, 3.63) is 76.1 Å². The Balaban J connectivity index is 0.00000169. The third-order valence-electron chi connectivity index (χ3n) is 4.16. The van der Waals surface area contributed by atoms with E-state index in [0.717, 1.165) is 27.5 Å². The Hall–Kier alpha value is -3.27. The molecule has 0 fully saturated rings. The van der Waals surface area contributed by atoms with Gasteiger partial charge in [-0.2, -0.15) is 10.3 Å². The van der Waals surface area contributed by atoms with Gasteiger partial charge in [-0.15, -0.1) is 0 Å². The molecule has 2 aromatic carbocycles. The van der Waals surface area contributed by atoms with Crippen molar-refractivity contribution in [1.29, 1.82) is 5.26 Å². The van der Waals surface area contributed by atoms with E-state index in [1.165, 1.54) is 0 Å². The highest BCUT2D eigenvalue weighted by Gasteiger charge is 2.36. The molecular formula is C18H16N4O2. The van der Waals surface area contributed by atoms with Crippen LogP contribution in [0.25, 0.3) is 11.9 Å². The molecule has 6 heteroatoms. The summed E-state index contributed by atoms with van der Waals surface area (Å²) in [6.45, 7) is 0. The minimum absolute atomic E-state index is 0. The summed E-state index contributed by atoms with van der Waals surface area (Å²) in [5, 5.41) is 23.6. The van der Waals surface area contributed by atoms with E-state index >= 15 is 0 Å². The third kappa shape index (κ3) is 2.20. The fraction of sp³-hybridized carbons (Fsp3) is 0.0556. The molecule has 0 aliphatic carbocycles. The molecule has 0 saturated heterocycles. The number of quaternary nitrogens is 1. The molecule has 0 bridgehead atoms. The summed E-state index contributed by atoms with van der Waals surface area (Å²) in [6.07, 6.45) is 2.01. The largest absolute Gasteiger partial charge is 0.870 e. The van der Waals surface area contributed by atoms with E-state index in [1.807, 2.05) is 47.8 Å². The van der Waals surface area contributed by atoms with Crippen LogP contribution in [-0.2, 0) is 0 Å². The first-order chi connectivity index (χ1) is 11.2. The zero-order valence-corrected chi connectivity index (χ0v) is 13.0. The number of rotatable bonds is 1. The number of aliphatic hydroxyl groups excluding tert-OH is 1. The molecule has 2 aromatic rings. The number of nitriles is 1. The van der Waals surface area contributed by atoms with Crippen molar-refractivity contribution in [3.63, 3.8) is 0 Å². The van der Waals surface area contributed by atoms with E-state index in [9.17, 15) is 5.11 Å². The van der Waals surface area contributed by atoms with Gasteiger partial charge in [0.1, 0.15) is 0 Å². The zero-order valence-electron chi connectivity index (χ0n) is 13.0. The monoisotopic (exact) mass is 320 g/mol. The number of nitrogens with zero attached hydrogens (tertiary/aromatic N) is 3. The Labute approximate surface area is 138 Å². The van der Waals surface area contributed by atoms with Crippen molar-refractivity contribution >= 4 is 17.6 Å². The van der Waals surface area contributed by atoms with Crippen LogP contribution < -0.4 is 20.9 Å². The first kappa shape index (κ1) is 15.6. The van der Waals surface area contributed by atoms with E-state index in [2.05, 4.69) is 18.2 Å². The lowest BCUT2D eigenvalue weighted by Crippen LogP contribution is -2.90. The Kier molecular flexibility index (Phi) is 3.73. The summed E-state index contributed by atoms with van der Waals surface area (Å²) >= 11 is 0. The predicted octanol–water partition coefficient (Wildman–Crippen LogP) is -0.101. The van der Waals surface area contributed by atoms with E-state index in [0.29, 0.717) is 5.56 Å². The average molecular weight is 320 g/mol. The molecule has 0 atom stereocenters. The quantitative estimate of drug-likeness (QED) is 0.715. The second-order valence-corrected chi connectivity index (χ2v) is 5.57. The van der Waals surface area contributed by atoms with Crippen molar-refractivity contribution in [1.82, 2.24) is 4.90 Å². The van der Waals surface area contributed by atoms with Crippen LogP contribution in [-0.4, -0.2) is 22.5 Å². The summed E-state index contributed by atoms with van der Waals surface area (Å²) in [7, 11) is 1.93. The lowest BCUT2D eigenvalue weighted by atomic mass is 10.1. The Morgan fingerprint density at radius 2 is 1.79 bits per heavy atom. The molecule has 0 amide bonds. The second kappa shape index (κ2) is 5.74. The molecule has 120 valence electrons. The van der Waals surface area contributed by atoms with Gasteiger partial charge in [0.05, 0.1) is 17.3 Å². The van der Waals surface area contributed by atoms with E-state index in [-0.39, 0.29) is 11.4 Å². The van der Waals surface area contributed by atoms with Crippen molar-refractivity contribution in [2.75, 3.05) is 12.1 Å². The lowest BCUT2D eigenvalue weighted by molar-refractivity contribution is -0.568. The second-order valence-electron chi connectivity index (χ2n) is 5.57. The van der Waals surface area contributed by atoms with Crippen LogP contribution in [0.2, 0.25) is 0 Å². The van der Waals surface area contributed by atoms with Gasteiger partial charge in [-0.1, -0.05) is 18.2 Å². The Bertz CT molecular complexity index is 987. The maximum Gasteiger partial charge on any atom is 0.270 e. The minimum Gasteiger partial charge on any atom is -0.870 e. The normalized spacial score (nSPS) is 15.2. The van der Waals surface area contributed by atoms with Crippen LogP contribution in [0.5, 0.6) is 0 Å². The summed E-state index contributed by atoms with van der Waals surface area (Å²) in [4.78, 5) is 1.94. The first-order valence-corrected chi connectivity index (χ1v) is 7.31. The number of benzene rings is 2. The Morgan fingerprint density at radius 1 is 1.08 bits per heavy atom. The number of anilines is 1. The summed E-state index contributed by atoms with van der Waals surface area (Å²) in [6, 6.07) is 17.4. The average Bonchev–Trinajstić information content (AvgIpc) is 2.93. The number of likely N-dealkylation sites (N-methyl/N-ethyl adjacent to an activating group) is 1. The van der Waals surface area contributed by atoms with Crippen LogP contribution in [0.3, 0.4) is 0 Å². The third-order valence-corrected chi connectivity index (χ3v) is 4.16. The summed E-state index contributed by atoms with van der Waals surface area (Å²) < 4.78 is 0. The molecule has 0 spiro atoms. The van der Waals surface area contributed by atoms with Crippen molar-refractivity contribution in [2.24, 2.45) is 0 Å². The molecule has 2 aliphatic rings. The first-order valence-electron chi connectivity index (χ1n) is 7.31. The van der Waals surface area contributed by atoms with E-state index in [4.69, 9.17) is 5.26 Å². The van der Waals surface area contributed by atoms with Crippen molar-refractivity contribution in [3.8, 4) is 6.07 Å². The number of hydrogen-bond acceptors (Lipinski definition) is 5.